The van der Waals surface area contributed by atoms with E-state index < -0.39 is 0 Å². The van der Waals surface area contributed by atoms with Crippen LogP contribution in [0.25, 0.3) is 0 Å². The lowest BCUT2D eigenvalue weighted by molar-refractivity contribution is -0.138. The Kier molecular flexibility index (Phi) is 9.01. The first-order chi connectivity index (χ1) is 17.1. The molecule has 4 saturated carbocycles. The predicted octanol–water partition coefficient (Wildman–Crippen LogP) is 8.14. The molecule has 4 aliphatic rings. The number of nitrogens with zero attached hydrogens (tertiary/aromatic N) is 1. The average molecular weight is 500 g/mol. The van der Waals surface area contributed by atoms with Crippen molar-refractivity contribution in [2.24, 2.45) is 52.3 Å². The number of likely N-dealkylation sites (N-methyl/N-ethyl adjacent to an activating group) is 1. The van der Waals surface area contributed by atoms with Crippen molar-refractivity contribution in [3.63, 3.8) is 0 Å². The molecule has 0 heterocycles. The lowest BCUT2D eigenvalue weighted by atomic mass is 9.44. The Morgan fingerprint density at radius 3 is 2.44 bits per heavy atom. The molecule has 9 atom stereocenters. The van der Waals surface area contributed by atoms with E-state index in [4.69, 9.17) is 4.74 Å². The maximum atomic E-state index is 11.7. The summed E-state index contributed by atoms with van der Waals surface area (Å²) in [4.78, 5) is 13.5. The summed E-state index contributed by atoms with van der Waals surface area (Å²) < 4.78 is 6.32. The molecule has 4 aliphatic carbocycles. The summed E-state index contributed by atoms with van der Waals surface area (Å²) in [6.45, 7) is 17.6. The van der Waals surface area contributed by atoms with Crippen molar-refractivity contribution in [3.8, 4) is 0 Å². The summed E-state index contributed by atoms with van der Waals surface area (Å²) >= 11 is 0. The van der Waals surface area contributed by atoms with Crippen LogP contribution in [0.15, 0.2) is 12.7 Å². The summed E-state index contributed by atoms with van der Waals surface area (Å²) in [6.07, 6.45) is 18.6. The highest BCUT2D eigenvalue weighted by molar-refractivity contribution is 5.86. The van der Waals surface area contributed by atoms with Gasteiger partial charge in [0.15, 0.2) is 0 Å². The van der Waals surface area contributed by atoms with Crippen LogP contribution in [-0.2, 0) is 9.53 Å². The van der Waals surface area contributed by atoms with Crippen LogP contribution in [0.3, 0.4) is 0 Å². The Labute approximate surface area is 223 Å². The van der Waals surface area contributed by atoms with E-state index in [0.717, 1.165) is 41.4 Å². The Morgan fingerprint density at radius 1 is 1.00 bits per heavy atom. The molecule has 206 valence electrons. The van der Waals surface area contributed by atoms with Gasteiger partial charge in [0.2, 0.25) is 5.91 Å². The van der Waals surface area contributed by atoms with Crippen LogP contribution in [-0.4, -0.2) is 37.1 Å². The molecule has 0 radical (unpaired) electrons. The van der Waals surface area contributed by atoms with E-state index in [-0.39, 0.29) is 5.91 Å². The summed E-state index contributed by atoms with van der Waals surface area (Å²) in [7, 11) is 1.84. The van der Waals surface area contributed by atoms with Crippen LogP contribution in [0.1, 0.15) is 112 Å². The van der Waals surface area contributed by atoms with Crippen molar-refractivity contribution in [1.29, 1.82) is 0 Å². The highest BCUT2D eigenvalue weighted by atomic mass is 16.5. The fourth-order valence-corrected chi connectivity index (χ4v) is 10.0. The van der Waals surface area contributed by atoms with E-state index in [0.29, 0.717) is 30.1 Å². The largest absolute Gasteiger partial charge is 0.376 e. The van der Waals surface area contributed by atoms with Gasteiger partial charge in [-0.15, -0.1) is 0 Å². The van der Waals surface area contributed by atoms with Gasteiger partial charge in [0, 0.05) is 13.6 Å². The number of fused-ring (bicyclic) bond motifs is 5. The third-order valence-electron chi connectivity index (χ3n) is 12.1. The van der Waals surface area contributed by atoms with Crippen LogP contribution in [0.2, 0.25) is 0 Å². The van der Waals surface area contributed by atoms with Crippen LogP contribution < -0.4 is 0 Å². The Hall–Kier alpha value is -0.830. The molecule has 3 nitrogen and oxygen atoms in total. The molecule has 1 unspecified atom stereocenters. The van der Waals surface area contributed by atoms with Crippen LogP contribution >= 0.6 is 0 Å². The van der Waals surface area contributed by atoms with Gasteiger partial charge in [-0.1, -0.05) is 60.5 Å². The molecule has 4 fully saturated rings. The van der Waals surface area contributed by atoms with Crippen LogP contribution in [0.4, 0.5) is 0 Å². The van der Waals surface area contributed by atoms with Gasteiger partial charge in [-0.2, -0.15) is 0 Å². The number of rotatable bonds is 10. The molecule has 0 aliphatic heterocycles. The van der Waals surface area contributed by atoms with E-state index in [1.165, 1.54) is 83.1 Å². The molecule has 0 N–H and O–H groups in total. The monoisotopic (exact) mass is 499 g/mol. The topological polar surface area (TPSA) is 29.5 Å². The minimum absolute atomic E-state index is 0.0171. The number of hydrogen-bond donors (Lipinski definition) is 0. The molecule has 1 amide bonds. The molecule has 0 spiro atoms. The minimum atomic E-state index is -0.0171. The first kappa shape index (κ1) is 28.2. The van der Waals surface area contributed by atoms with Crippen molar-refractivity contribution in [3.05, 3.63) is 12.7 Å². The summed E-state index contributed by atoms with van der Waals surface area (Å²) in [5.74, 6) is 6.37. The fourth-order valence-electron chi connectivity index (χ4n) is 10.0. The van der Waals surface area contributed by atoms with Crippen molar-refractivity contribution >= 4 is 5.91 Å². The highest BCUT2D eigenvalue weighted by Crippen LogP contribution is 2.68. The molecule has 0 aromatic rings. The Balaban J connectivity index is 1.33. The van der Waals surface area contributed by atoms with Gasteiger partial charge in [0.05, 0.1) is 12.7 Å². The van der Waals surface area contributed by atoms with E-state index in [2.05, 4.69) is 41.2 Å². The average Bonchev–Trinajstić information content (AvgIpc) is 3.20. The third-order valence-corrected chi connectivity index (χ3v) is 12.1. The molecule has 0 bridgehead atoms. The second-order valence-electron chi connectivity index (χ2n) is 14.4. The van der Waals surface area contributed by atoms with Gasteiger partial charge >= 0.3 is 0 Å². The van der Waals surface area contributed by atoms with Crippen LogP contribution in [0.5, 0.6) is 0 Å². The van der Waals surface area contributed by atoms with Crippen LogP contribution in [0, 0.1) is 52.3 Å². The molecule has 0 aromatic carbocycles. The summed E-state index contributed by atoms with van der Waals surface area (Å²) in [5.41, 5.74) is 1.11. The number of carbonyl (C=O) groups excluding carboxylic acids is 1. The summed E-state index contributed by atoms with van der Waals surface area (Å²) in [6, 6.07) is 0. The van der Waals surface area contributed by atoms with Crippen molar-refractivity contribution in [2.45, 2.75) is 118 Å². The Bertz CT molecular complexity index is 763. The molecule has 36 heavy (non-hydrogen) atoms. The van der Waals surface area contributed by atoms with Gasteiger partial charge in [-0.3, -0.25) is 4.79 Å². The molecule has 0 saturated heterocycles. The number of amides is 1. The van der Waals surface area contributed by atoms with E-state index in [9.17, 15) is 4.79 Å². The van der Waals surface area contributed by atoms with Gasteiger partial charge in [0.25, 0.3) is 0 Å². The number of hydrogen-bond acceptors (Lipinski definition) is 2. The lowest BCUT2D eigenvalue weighted by Crippen LogP contribution is -2.54. The normalized spacial score (nSPS) is 40.8. The second kappa shape index (κ2) is 11.5. The third kappa shape index (κ3) is 5.48. The molecular weight excluding hydrogens is 442 g/mol. The molecule has 0 aromatic heterocycles. The lowest BCUT2D eigenvalue weighted by Gasteiger charge is -2.61. The SMILES string of the molecule is C=CC(=O)N(C)CCO[C@H]1CC[C@@]2(C)[C@@H](CC[C@@H]3[C@@H]2CC[C@]2(C)C([C@H](C)CCCC(C)C)CC[C@@H]32)C1. The first-order valence-electron chi connectivity index (χ1n) is 15.6. The minimum Gasteiger partial charge on any atom is -0.376 e. The maximum Gasteiger partial charge on any atom is 0.245 e. The zero-order valence-corrected chi connectivity index (χ0v) is 24.6. The fraction of sp³-hybridized carbons (Fsp3) is 0.909. The number of carbonyl (C=O) groups is 1. The first-order valence-corrected chi connectivity index (χ1v) is 15.6. The van der Waals surface area contributed by atoms with Gasteiger partial charge in [0.1, 0.15) is 0 Å². The maximum absolute atomic E-state index is 11.7. The predicted molar refractivity (Wildman–Crippen MR) is 151 cm³/mol. The smallest absolute Gasteiger partial charge is 0.245 e. The van der Waals surface area contributed by atoms with E-state index in [1.807, 2.05) is 7.05 Å². The molecular formula is C33H57NO2. The Morgan fingerprint density at radius 2 is 1.72 bits per heavy atom. The van der Waals surface area contributed by atoms with Gasteiger partial charge < -0.3 is 9.64 Å². The van der Waals surface area contributed by atoms with Crippen molar-refractivity contribution < 1.29 is 9.53 Å². The quantitative estimate of drug-likeness (QED) is 0.284. The standard InChI is InChI=1S/C33H57NO2/c1-8-31(35)34(7)20-21-36-26-16-18-32(5)25(22-26)12-13-27-29-15-14-28(24(4)11-9-10-23(2)3)33(29,6)19-17-30(27)32/h8,23-30H,1,9-22H2,2-7H3/t24-,25+,26+,27+,28?,29+,30+,32+,33-/m1/s1. The van der Waals surface area contributed by atoms with Crippen molar-refractivity contribution in [2.75, 3.05) is 20.2 Å². The zero-order valence-electron chi connectivity index (χ0n) is 24.6. The van der Waals surface area contributed by atoms with E-state index >= 15 is 0 Å². The second-order valence-corrected chi connectivity index (χ2v) is 14.4. The molecule has 3 heteroatoms. The number of ether oxygens (including phenoxy) is 1. The molecule has 4 rings (SSSR count). The van der Waals surface area contributed by atoms with Gasteiger partial charge in [-0.25, -0.2) is 0 Å². The van der Waals surface area contributed by atoms with Gasteiger partial charge in [-0.05, 0) is 116 Å². The zero-order chi connectivity index (χ0) is 26.1. The summed E-state index contributed by atoms with van der Waals surface area (Å²) in [5, 5.41) is 0. The van der Waals surface area contributed by atoms with E-state index in [1.54, 1.807) is 4.90 Å². The van der Waals surface area contributed by atoms with Crippen molar-refractivity contribution in [1.82, 2.24) is 4.90 Å². The highest BCUT2D eigenvalue weighted by Gasteiger charge is 2.60.